The number of nitrogens with zero attached hydrogens (tertiary/aromatic N) is 1. The minimum Gasteiger partial charge on any atom is -0.367 e. The van der Waals surface area contributed by atoms with Crippen molar-refractivity contribution in [3.8, 4) is 0 Å². The number of benzene rings is 1. The fourth-order valence-electron chi connectivity index (χ4n) is 3.33. The lowest BCUT2D eigenvalue weighted by Gasteiger charge is -2.45. The number of aryl methyl sites for hydroxylation is 1. The molecule has 0 saturated carbocycles. The van der Waals surface area contributed by atoms with E-state index in [9.17, 15) is 0 Å². The third-order valence-electron chi connectivity index (χ3n) is 4.22. The summed E-state index contributed by atoms with van der Waals surface area (Å²) in [4.78, 5) is 2.56. The van der Waals surface area contributed by atoms with Crippen LogP contribution in [0.15, 0.2) is 18.2 Å². The zero-order valence-corrected chi connectivity index (χ0v) is 9.95. The van der Waals surface area contributed by atoms with Crippen molar-refractivity contribution in [2.45, 2.75) is 44.7 Å². The molecule has 3 rings (SSSR count). The van der Waals surface area contributed by atoms with Crippen LogP contribution in [0.25, 0.3) is 0 Å². The van der Waals surface area contributed by atoms with Crippen LogP contribution in [0, 0.1) is 6.92 Å². The molecule has 2 heterocycles. The van der Waals surface area contributed by atoms with Gasteiger partial charge in [-0.15, -0.1) is 0 Å². The predicted octanol–water partition coefficient (Wildman–Crippen LogP) is 2.24. The molecule has 1 aromatic carbocycles. The average Bonchev–Trinajstić information content (AvgIpc) is 2.30. The molecular formula is C14H20N2. The summed E-state index contributed by atoms with van der Waals surface area (Å²) in [6.07, 6.45) is 4.88. The van der Waals surface area contributed by atoms with Gasteiger partial charge in [0.15, 0.2) is 0 Å². The van der Waals surface area contributed by atoms with E-state index >= 15 is 0 Å². The molecule has 0 amide bonds. The van der Waals surface area contributed by atoms with E-state index in [4.69, 9.17) is 5.73 Å². The minimum absolute atomic E-state index is 0.377. The second-order valence-corrected chi connectivity index (χ2v) is 5.18. The molecule has 0 radical (unpaired) electrons. The fraction of sp³-hybridized carbons (Fsp3) is 0.571. The summed E-state index contributed by atoms with van der Waals surface area (Å²) in [7, 11) is 0. The van der Waals surface area contributed by atoms with Gasteiger partial charge in [0.25, 0.3) is 0 Å². The van der Waals surface area contributed by atoms with E-state index < -0.39 is 0 Å². The Hall–Kier alpha value is -1.02. The first-order valence-corrected chi connectivity index (χ1v) is 6.38. The van der Waals surface area contributed by atoms with Crippen molar-refractivity contribution in [1.29, 1.82) is 0 Å². The third-order valence-corrected chi connectivity index (χ3v) is 4.22. The Kier molecular flexibility index (Phi) is 2.40. The van der Waals surface area contributed by atoms with E-state index in [1.54, 1.807) is 5.56 Å². The van der Waals surface area contributed by atoms with Gasteiger partial charge in [-0.05, 0) is 49.8 Å². The molecule has 0 aromatic heterocycles. The van der Waals surface area contributed by atoms with E-state index in [-0.39, 0.29) is 0 Å². The van der Waals surface area contributed by atoms with Gasteiger partial charge < -0.3 is 10.6 Å². The van der Waals surface area contributed by atoms with Crippen LogP contribution >= 0.6 is 0 Å². The highest BCUT2D eigenvalue weighted by Gasteiger charge is 2.33. The Morgan fingerprint density at radius 2 is 2.19 bits per heavy atom. The van der Waals surface area contributed by atoms with Crippen LogP contribution < -0.4 is 10.6 Å². The van der Waals surface area contributed by atoms with Gasteiger partial charge in [0, 0.05) is 24.3 Å². The second kappa shape index (κ2) is 3.77. The molecule has 0 aliphatic carbocycles. The third kappa shape index (κ3) is 1.44. The number of rotatable bonds is 0. The zero-order chi connectivity index (χ0) is 11.1. The largest absolute Gasteiger partial charge is 0.367 e. The molecule has 0 bridgehead atoms. The van der Waals surface area contributed by atoms with Crippen LogP contribution in [0.5, 0.6) is 0 Å². The first-order valence-electron chi connectivity index (χ1n) is 6.38. The second-order valence-electron chi connectivity index (χ2n) is 5.18. The molecule has 2 unspecified atom stereocenters. The van der Waals surface area contributed by atoms with Crippen LogP contribution in [0.2, 0.25) is 0 Å². The molecule has 86 valence electrons. The normalized spacial score (nSPS) is 28.5. The van der Waals surface area contributed by atoms with Gasteiger partial charge in [0.2, 0.25) is 0 Å². The SMILES string of the molecule is Cc1cccc2c1CCC1C(N)CCCN21. The van der Waals surface area contributed by atoms with Gasteiger partial charge in [0.1, 0.15) is 0 Å². The van der Waals surface area contributed by atoms with Gasteiger partial charge in [-0.1, -0.05) is 12.1 Å². The number of piperidine rings is 1. The number of anilines is 1. The van der Waals surface area contributed by atoms with Gasteiger partial charge >= 0.3 is 0 Å². The molecule has 1 saturated heterocycles. The van der Waals surface area contributed by atoms with Crippen molar-refractivity contribution < 1.29 is 0 Å². The van der Waals surface area contributed by atoms with Crippen molar-refractivity contribution in [1.82, 2.24) is 0 Å². The molecule has 1 aromatic rings. The van der Waals surface area contributed by atoms with Crippen LogP contribution in [0.3, 0.4) is 0 Å². The quantitative estimate of drug-likeness (QED) is 0.720. The number of hydrogen-bond donors (Lipinski definition) is 1. The fourth-order valence-corrected chi connectivity index (χ4v) is 3.33. The zero-order valence-electron chi connectivity index (χ0n) is 9.95. The Morgan fingerprint density at radius 3 is 3.06 bits per heavy atom. The molecule has 2 atom stereocenters. The molecule has 2 heteroatoms. The monoisotopic (exact) mass is 216 g/mol. The first-order chi connectivity index (χ1) is 7.77. The Bertz CT molecular complexity index is 400. The van der Waals surface area contributed by atoms with Gasteiger partial charge in [-0.2, -0.15) is 0 Å². The summed E-state index contributed by atoms with van der Waals surface area (Å²) in [5.41, 5.74) is 10.7. The lowest BCUT2D eigenvalue weighted by Crippen LogP contribution is -2.54. The summed E-state index contributed by atoms with van der Waals surface area (Å²) < 4.78 is 0. The predicted molar refractivity (Wildman–Crippen MR) is 67.8 cm³/mol. The first kappa shape index (κ1) is 10.2. The maximum Gasteiger partial charge on any atom is 0.0444 e. The minimum atomic E-state index is 0.377. The highest BCUT2D eigenvalue weighted by atomic mass is 15.2. The van der Waals surface area contributed by atoms with E-state index in [0.29, 0.717) is 12.1 Å². The van der Waals surface area contributed by atoms with E-state index in [2.05, 4.69) is 30.0 Å². The highest BCUT2D eigenvalue weighted by Crippen LogP contribution is 2.36. The molecule has 2 nitrogen and oxygen atoms in total. The summed E-state index contributed by atoms with van der Waals surface area (Å²) in [6.45, 7) is 3.41. The topological polar surface area (TPSA) is 29.3 Å². The number of hydrogen-bond acceptors (Lipinski definition) is 2. The lowest BCUT2D eigenvalue weighted by molar-refractivity contribution is 0.371. The summed E-state index contributed by atoms with van der Waals surface area (Å²) in [5, 5.41) is 0. The van der Waals surface area contributed by atoms with Crippen molar-refractivity contribution in [3.63, 3.8) is 0 Å². The average molecular weight is 216 g/mol. The number of fused-ring (bicyclic) bond motifs is 3. The molecule has 2 aliphatic heterocycles. The summed E-state index contributed by atoms with van der Waals surface area (Å²) in [6, 6.07) is 7.64. The molecule has 16 heavy (non-hydrogen) atoms. The van der Waals surface area contributed by atoms with Crippen LogP contribution in [0.4, 0.5) is 5.69 Å². The smallest absolute Gasteiger partial charge is 0.0444 e. The molecule has 0 spiro atoms. The van der Waals surface area contributed by atoms with E-state index in [1.165, 1.54) is 43.5 Å². The molecule has 2 N–H and O–H groups in total. The Balaban J connectivity index is 2.02. The maximum absolute atomic E-state index is 6.24. The van der Waals surface area contributed by atoms with Crippen LogP contribution in [-0.4, -0.2) is 18.6 Å². The standard InChI is InChI=1S/C14H20N2/c1-10-4-2-6-13-11(10)7-8-14-12(15)5-3-9-16(13)14/h2,4,6,12,14H,3,5,7-9,15H2,1H3. The van der Waals surface area contributed by atoms with Gasteiger partial charge in [-0.3, -0.25) is 0 Å². The van der Waals surface area contributed by atoms with Crippen LogP contribution in [-0.2, 0) is 6.42 Å². The molecular weight excluding hydrogens is 196 g/mol. The summed E-state index contributed by atoms with van der Waals surface area (Å²) >= 11 is 0. The molecule has 2 aliphatic rings. The molecule has 1 fully saturated rings. The van der Waals surface area contributed by atoms with E-state index in [0.717, 1.165) is 0 Å². The van der Waals surface area contributed by atoms with E-state index in [1.807, 2.05) is 0 Å². The Labute approximate surface area is 97.4 Å². The van der Waals surface area contributed by atoms with Gasteiger partial charge in [0.05, 0.1) is 0 Å². The van der Waals surface area contributed by atoms with Crippen molar-refractivity contribution in [2.75, 3.05) is 11.4 Å². The van der Waals surface area contributed by atoms with Crippen molar-refractivity contribution in [2.24, 2.45) is 5.73 Å². The highest BCUT2D eigenvalue weighted by molar-refractivity contribution is 5.59. The maximum atomic E-state index is 6.24. The van der Waals surface area contributed by atoms with Gasteiger partial charge in [-0.25, -0.2) is 0 Å². The van der Waals surface area contributed by atoms with Crippen LogP contribution in [0.1, 0.15) is 30.4 Å². The summed E-state index contributed by atoms with van der Waals surface area (Å²) in [5.74, 6) is 0. The van der Waals surface area contributed by atoms with Crippen molar-refractivity contribution in [3.05, 3.63) is 29.3 Å². The Morgan fingerprint density at radius 1 is 1.31 bits per heavy atom. The number of nitrogens with two attached hydrogens (primary N) is 1. The van der Waals surface area contributed by atoms with Crippen molar-refractivity contribution >= 4 is 5.69 Å². The lowest BCUT2D eigenvalue weighted by atomic mass is 9.85.